The van der Waals surface area contributed by atoms with Gasteiger partial charge in [0.05, 0.1) is 12.5 Å². The summed E-state index contributed by atoms with van der Waals surface area (Å²) >= 11 is 6.20. The lowest BCUT2D eigenvalue weighted by Crippen LogP contribution is -2.64. The Bertz CT molecular complexity index is 423. The van der Waals surface area contributed by atoms with Gasteiger partial charge < -0.3 is 14.2 Å². The summed E-state index contributed by atoms with van der Waals surface area (Å²) in [5.74, 6) is -0.458. The second-order valence-corrected chi connectivity index (χ2v) is 7.93. The summed E-state index contributed by atoms with van der Waals surface area (Å²) in [7, 11) is 1.56. The Labute approximate surface area is 130 Å². The third kappa shape index (κ3) is 1.89. The van der Waals surface area contributed by atoms with Gasteiger partial charge in [0.15, 0.2) is 6.29 Å². The van der Waals surface area contributed by atoms with E-state index in [0.29, 0.717) is 11.8 Å². The highest BCUT2D eigenvalue weighted by atomic mass is 35.5. The number of methoxy groups -OCH3 is 1. The molecule has 4 bridgehead atoms. The van der Waals surface area contributed by atoms with Gasteiger partial charge in [-0.15, -0.1) is 11.6 Å². The molecule has 5 rings (SSSR count). The molecule has 5 fully saturated rings. The van der Waals surface area contributed by atoms with Crippen LogP contribution in [0.5, 0.6) is 0 Å². The molecule has 4 saturated carbocycles. The van der Waals surface area contributed by atoms with E-state index >= 15 is 4.39 Å². The van der Waals surface area contributed by atoms with Crippen LogP contribution in [0.4, 0.5) is 4.39 Å². The normalized spacial score (nSPS) is 55.7. The molecule has 0 N–H and O–H groups in total. The van der Waals surface area contributed by atoms with Crippen LogP contribution in [0.15, 0.2) is 0 Å². The van der Waals surface area contributed by atoms with E-state index < -0.39 is 12.1 Å². The average Bonchev–Trinajstić information content (AvgIpc) is 3.25. The average molecular weight is 319 g/mol. The molecule has 0 amide bonds. The molecule has 0 aromatic heterocycles. The van der Waals surface area contributed by atoms with E-state index in [1.807, 2.05) is 0 Å². The van der Waals surface area contributed by atoms with Crippen molar-refractivity contribution in [1.82, 2.24) is 0 Å². The van der Waals surface area contributed by atoms with Crippen LogP contribution < -0.4 is 0 Å². The van der Waals surface area contributed by atoms with Gasteiger partial charge in [0, 0.05) is 24.4 Å². The lowest BCUT2D eigenvalue weighted by Gasteiger charge is -2.63. The highest BCUT2D eigenvalue weighted by Gasteiger charge is 2.72. The first-order valence-corrected chi connectivity index (χ1v) is 8.60. The number of rotatable bonds is 5. The van der Waals surface area contributed by atoms with Gasteiger partial charge in [0.25, 0.3) is 0 Å². The van der Waals surface area contributed by atoms with Crippen molar-refractivity contribution < 1.29 is 18.6 Å². The third-order valence-corrected chi connectivity index (χ3v) is 7.09. The van der Waals surface area contributed by atoms with Crippen molar-refractivity contribution in [2.75, 3.05) is 19.6 Å². The molecule has 21 heavy (non-hydrogen) atoms. The zero-order valence-corrected chi connectivity index (χ0v) is 13.5. The molecule has 4 atom stereocenters. The lowest BCUT2D eigenvalue weighted by molar-refractivity contribution is -0.340. The molecule has 4 unspecified atom stereocenters. The predicted octanol–water partition coefficient (Wildman–Crippen LogP) is 3.50. The minimum Gasteiger partial charge on any atom is -0.368 e. The Morgan fingerprint density at radius 3 is 2.38 bits per heavy atom. The SMILES string of the molecule is COC(C)OC1(F)C2CC3CC1CC(C1(CCl)CO1)(C3)C2. The minimum absolute atomic E-state index is 0.0364. The van der Waals surface area contributed by atoms with Crippen LogP contribution >= 0.6 is 11.6 Å². The van der Waals surface area contributed by atoms with Crippen LogP contribution in [0.2, 0.25) is 0 Å². The summed E-state index contributed by atoms with van der Waals surface area (Å²) in [4.78, 5) is 0. The maximum absolute atomic E-state index is 15.6. The highest BCUT2D eigenvalue weighted by Crippen LogP contribution is 2.70. The van der Waals surface area contributed by atoms with Crippen molar-refractivity contribution in [3.8, 4) is 0 Å². The summed E-state index contributed by atoms with van der Waals surface area (Å²) in [5, 5.41) is 0. The van der Waals surface area contributed by atoms with Gasteiger partial charge in [-0.05, 0) is 44.9 Å². The van der Waals surface area contributed by atoms with Crippen LogP contribution in [0, 0.1) is 23.2 Å². The monoisotopic (exact) mass is 318 g/mol. The van der Waals surface area contributed by atoms with Crippen molar-refractivity contribution in [3.05, 3.63) is 0 Å². The first-order valence-electron chi connectivity index (χ1n) is 8.06. The summed E-state index contributed by atoms with van der Waals surface area (Å²) in [6.45, 7) is 2.52. The van der Waals surface area contributed by atoms with Gasteiger partial charge in [-0.2, -0.15) is 0 Å². The Morgan fingerprint density at radius 2 is 1.90 bits per heavy atom. The standard InChI is InChI=1S/C16H24ClFO3/c1-10(19-2)21-16(18)12-3-11-4-13(16)7-14(5-11,6-12)15(8-17)9-20-15/h10-13H,3-9H2,1-2H3. The number of hydrogen-bond donors (Lipinski definition) is 0. The number of ether oxygens (including phenoxy) is 3. The minimum atomic E-state index is -1.53. The molecule has 1 aliphatic heterocycles. The molecule has 0 spiro atoms. The van der Waals surface area contributed by atoms with Crippen LogP contribution in [-0.4, -0.2) is 37.3 Å². The fourth-order valence-corrected chi connectivity index (χ4v) is 6.02. The Hall–Kier alpha value is 0.1000. The second-order valence-electron chi connectivity index (χ2n) is 7.66. The summed E-state index contributed by atoms with van der Waals surface area (Å²) in [6, 6.07) is 0. The van der Waals surface area contributed by atoms with Crippen LogP contribution in [-0.2, 0) is 14.2 Å². The number of epoxide rings is 1. The predicted molar refractivity (Wildman–Crippen MR) is 76.8 cm³/mol. The van der Waals surface area contributed by atoms with Crippen molar-refractivity contribution in [2.24, 2.45) is 23.2 Å². The maximum Gasteiger partial charge on any atom is 0.217 e. The van der Waals surface area contributed by atoms with Crippen LogP contribution in [0.1, 0.15) is 39.0 Å². The first kappa shape index (κ1) is 14.7. The smallest absolute Gasteiger partial charge is 0.217 e. The van der Waals surface area contributed by atoms with Gasteiger partial charge in [0.2, 0.25) is 5.85 Å². The van der Waals surface area contributed by atoms with E-state index in [0.717, 1.165) is 38.7 Å². The fourth-order valence-electron chi connectivity index (χ4n) is 5.58. The van der Waals surface area contributed by atoms with Crippen molar-refractivity contribution >= 4 is 11.6 Å². The zero-order valence-electron chi connectivity index (χ0n) is 12.7. The van der Waals surface area contributed by atoms with E-state index in [-0.39, 0.29) is 22.9 Å². The highest BCUT2D eigenvalue weighted by molar-refractivity contribution is 6.18. The van der Waals surface area contributed by atoms with Crippen LogP contribution in [0.3, 0.4) is 0 Å². The molecule has 4 aliphatic carbocycles. The number of alkyl halides is 2. The van der Waals surface area contributed by atoms with E-state index in [2.05, 4.69) is 0 Å². The third-order valence-electron chi connectivity index (χ3n) is 6.66. The summed E-state index contributed by atoms with van der Waals surface area (Å²) < 4.78 is 32.3. The number of halogens is 2. The van der Waals surface area contributed by atoms with Gasteiger partial charge in [-0.1, -0.05) is 0 Å². The first-order chi connectivity index (χ1) is 9.97. The van der Waals surface area contributed by atoms with E-state index in [4.69, 9.17) is 25.8 Å². The Kier molecular flexibility index (Phi) is 3.19. The summed E-state index contributed by atoms with van der Waals surface area (Å²) in [6.07, 6.45) is 4.22. The largest absolute Gasteiger partial charge is 0.368 e. The van der Waals surface area contributed by atoms with Gasteiger partial charge >= 0.3 is 0 Å². The van der Waals surface area contributed by atoms with Crippen molar-refractivity contribution in [2.45, 2.75) is 56.8 Å². The Morgan fingerprint density at radius 1 is 1.29 bits per heavy atom. The second kappa shape index (κ2) is 4.56. The van der Waals surface area contributed by atoms with Crippen LogP contribution in [0.25, 0.3) is 0 Å². The van der Waals surface area contributed by atoms with Gasteiger partial charge in [-0.3, -0.25) is 0 Å². The lowest BCUT2D eigenvalue weighted by atomic mass is 9.45. The quantitative estimate of drug-likeness (QED) is 0.442. The van der Waals surface area contributed by atoms with E-state index in [1.165, 1.54) is 0 Å². The molecule has 1 heterocycles. The number of hydrogen-bond acceptors (Lipinski definition) is 3. The Balaban J connectivity index is 1.63. The summed E-state index contributed by atoms with van der Waals surface area (Å²) in [5.41, 5.74) is -0.0984. The van der Waals surface area contributed by atoms with E-state index in [9.17, 15) is 0 Å². The molecule has 5 heteroatoms. The van der Waals surface area contributed by atoms with E-state index in [1.54, 1.807) is 14.0 Å². The molecule has 3 nitrogen and oxygen atoms in total. The molecule has 0 aromatic rings. The van der Waals surface area contributed by atoms with Crippen molar-refractivity contribution in [1.29, 1.82) is 0 Å². The maximum atomic E-state index is 15.6. The van der Waals surface area contributed by atoms with Crippen molar-refractivity contribution in [3.63, 3.8) is 0 Å². The molecule has 120 valence electrons. The van der Waals surface area contributed by atoms with Gasteiger partial charge in [-0.25, -0.2) is 4.39 Å². The zero-order chi connectivity index (χ0) is 14.9. The fraction of sp³-hybridized carbons (Fsp3) is 1.00. The van der Waals surface area contributed by atoms with Gasteiger partial charge in [0.1, 0.15) is 5.60 Å². The topological polar surface area (TPSA) is 31.0 Å². The molecule has 5 aliphatic rings. The molecule has 0 radical (unpaired) electrons. The molecule has 1 saturated heterocycles. The molecular weight excluding hydrogens is 295 g/mol. The molecular formula is C16H24ClFO3. The molecule has 0 aromatic carbocycles.